The zero-order valence-corrected chi connectivity index (χ0v) is 15.3. The molecule has 7 nitrogen and oxygen atoms in total. The number of pyridine rings is 1. The molecule has 3 aromatic rings. The average Bonchev–Trinajstić information content (AvgIpc) is 3.04. The van der Waals surface area contributed by atoms with Gasteiger partial charge in [-0.1, -0.05) is 18.2 Å². The van der Waals surface area contributed by atoms with E-state index in [2.05, 4.69) is 15.1 Å². The smallest absolute Gasteiger partial charge is 0.343 e. The monoisotopic (exact) mass is 351 g/mol. The minimum atomic E-state index is -0.456. The number of hydrogen-bond donors (Lipinski definition) is 0. The first-order chi connectivity index (χ1) is 12.5. The highest BCUT2D eigenvalue weighted by atomic mass is 16.5. The highest BCUT2D eigenvalue weighted by molar-refractivity contribution is 5.94. The van der Waals surface area contributed by atoms with E-state index in [4.69, 9.17) is 4.74 Å². The molecule has 3 rings (SSSR count). The van der Waals surface area contributed by atoms with Crippen LogP contribution in [0, 0.1) is 6.92 Å². The lowest BCUT2D eigenvalue weighted by Gasteiger charge is -2.09. The van der Waals surface area contributed by atoms with Gasteiger partial charge in [-0.15, -0.1) is 0 Å². The minimum absolute atomic E-state index is 0.286. The van der Waals surface area contributed by atoms with E-state index in [-0.39, 0.29) is 6.61 Å². The van der Waals surface area contributed by atoms with Gasteiger partial charge in [-0.2, -0.15) is 9.78 Å². The Morgan fingerprint density at radius 2 is 2.12 bits per heavy atom. The summed E-state index contributed by atoms with van der Waals surface area (Å²) in [5, 5.41) is 5.41. The molecule has 26 heavy (non-hydrogen) atoms. The van der Waals surface area contributed by atoms with E-state index in [1.165, 1.54) is 6.20 Å². The summed E-state index contributed by atoms with van der Waals surface area (Å²) in [6.45, 7) is 4.07. The number of para-hydroxylation sites is 1. The first-order valence-corrected chi connectivity index (χ1v) is 8.33. The van der Waals surface area contributed by atoms with E-state index in [1.807, 2.05) is 51.4 Å². The Morgan fingerprint density at radius 1 is 1.35 bits per heavy atom. The van der Waals surface area contributed by atoms with Crippen LogP contribution in [0.1, 0.15) is 22.8 Å². The van der Waals surface area contributed by atoms with Crippen molar-refractivity contribution in [2.24, 2.45) is 4.99 Å². The number of carbonyl (C=O) groups is 1. The van der Waals surface area contributed by atoms with Gasteiger partial charge in [0.15, 0.2) is 11.6 Å². The third-order valence-corrected chi connectivity index (χ3v) is 3.78. The van der Waals surface area contributed by atoms with Gasteiger partial charge in [0.1, 0.15) is 5.56 Å². The zero-order valence-electron chi connectivity index (χ0n) is 15.3. The standard InChI is InChI=1S/C19H21N5O2/c1-5-26-19(25)15-11-21-24(18(15)20-12-23(3)4)17-10-13(2)14-8-6-7-9-16(14)22-17/h6-12H,5H2,1-4H3/b20-12+. The van der Waals surface area contributed by atoms with Crippen molar-refractivity contribution in [2.45, 2.75) is 13.8 Å². The van der Waals surface area contributed by atoms with E-state index in [9.17, 15) is 4.79 Å². The van der Waals surface area contributed by atoms with Gasteiger partial charge >= 0.3 is 5.97 Å². The number of esters is 1. The molecule has 7 heteroatoms. The van der Waals surface area contributed by atoms with Crippen LogP contribution >= 0.6 is 0 Å². The molecule has 2 heterocycles. The first kappa shape index (κ1) is 17.6. The summed E-state index contributed by atoms with van der Waals surface area (Å²) in [7, 11) is 3.71. The molecule has 0 bridgehead atoms. The Morgan fingerprint density at radius 3 is 2.85 bits per heavy atom. The van der Waals surface area contributed by atoms with Crippen LogP contribution in [-0.4, -0.2) is 52.7 Å². The van der Waals surface area contributed by atoms with Crippen molar-refractivity contribution in [3.8, 4) is 5.82 Å². The number of benzene rings is 1. The molecule has 0 aliphatic carbocycles. The third-order valence-electron chi connectivity index (χ3n) is 3.78. The number of carbonyl (C=O) groups excluding carboxylic acids is 1. The molecule has 0 fully saturated rings. The van der Waals surface area contributed by atoms with Gasteiger partial charge in [-0.05, 0) is 31.5 Å². The molecule has 0 aliphatic heterocycles. The van der Waals surface area contributed by atoms with E-state index < -0.39 is 5.97 Å². The van der Waals surface area contributed by atoms with E-state index in [0.29, 0.717) is 17.2 Å². The Bertz CT molecular complexity index is 975. The van der Waals surface area contributed by atoms with Crippen molar-refractivity contribution in [1.29, 1.82) is 0 Å². The molecule has 0 radical (unpaired) electrons. The number of aryl methyl sites for hydroxylation is 1. The molecule has 0 aliphatic rings. The van der Waals surface area contributed by atoms with Crippen molar-refractivity contribution >= 4 is 29.0 Å². The maximum Gasteiger partial charge on any atom is 0.343 e. The lowest BCUT2D eigenvalue weighted by Crippen LogP contribution is -2.09. The van der Waals surface area contributed by atoms with E-state index >= 15 is 0 Å². The molecule has 0 spiro atoms. The number of nitrogens with zero attached hydrogens (tertiary/aromatic N) is 5. The first-order valence-electron chi connectivity index (χ1n) is 8.33. The van der Waals surface area contributed by atoms with Gasteiger partial charge in [0, 0.05) is 19.5 Å². The fourth-order valence-corrected chi connectivity index (χ4v) is 2.60. The summed E-state index contributed by atoms with van der Waals surface area (Å²) in [4.78, 5) is 23.1. The van der Waals surface area contributed by atoms with Crippen molar-refractivity contribution < 1.29 is 9.53 Å². The van der Waals surface area contributed by atoms with Crippen LogP contribution in [0.3, 0.4) is 0 Å². The molecule has 0 saturated heterocycles. The topological polar surface area (TPSA) is 72.6 Å². The fourth-order valence-electron chi connectivity index (χ4n) is 2.60. The molecular formula is C19H21N5O2. The summed E-state index contributed by atoms with van der Waals surface area (Å²) in [6.07, 6.45) is 3.08. The van der Waals surface area contributed by atoms with Crippen LogP contribution < -0.4 is 0 Å². The SMILES string of the molecule is CCOC(=O)c1cnn(-c2cc(C)c3ccccc3n2)c1/N=C/N(C)C. The Balaban J connectivity index is 2.17. The predicted octanol–water partition coefficient (Wildman–Crippen LogP) is 3.13. The highest BCUT2D eigenvalue weighted by Crippen LogP contribution is 2.26. The zero-order chi connectivity index (χ0) is 18.7. The maximum atomic E-state index is 12.3. The van der Waals surface area contributed by atoms with Gasteiger partial charge in [-0.25, -0.2) is 14.8 Å². The molecular weight excluding hydrogens is 330 g/mol. The average molecular weight is 351 g/mol. The summed E-state index contributed by atoms with van der Waals surface area (Å²) in [5.41, 5.74) is 2.23. The van der Waals surface area contributed by atoms with Crippen molar-refractivity contribution in [2.75, 3.05) is 20.7 Å². The Kier molecular flexibility index (Phi) is 4.97. The number of ether oxygens (including phenoxy) is 1. The number of rotatable bonds is 5. The molecule has 0 atom stereocenters. The molecule has 134 valence electrons. The van der Waals surface area contributed by atoms with Gasteiger partial charge < -0.3 is 9.64 Å². The Labute approximate surface area is 151 Å². The molecule has 1 aromatic carbocycles. The van der Waals surface area contributed by atoms with Crippen molar-refractivity contribution in [3.05, 3.63) is 47.7 Å². The molecule has 0 saturated carbocycles. The summed E-state index contributed by atoms with van der Waals surface area (Å²) >= 11 is 0. The van der Waals surface area contributed by atoms with Gasteiger partial charge in [0.25, 0.3) is 0 Å². The molecule has 0 unspecified atom stereocenters. The van der Waals surface area contributed by atoms with Gasteiger partial charge in [0.05, 0.1) is 24.7 Å². The lowest BCUT2D eigenvalue weighted by atomic mass is 10.1. The summed E-state index contributed by atoms with van der Waals surface area (Å²) in [6, 6.07) is 9.83. The van der Waals surface area contributed by atoms with E-state index in [1.54, 1.807) is 22.8 Å². The van der Waals surface area contributed by atoms with Gasteiger partial charge in [-0.3, -0.25) is 0 Å². The number of aromatic nitrogens is 3. The van der Waals surface area contributed by atoms with Crippen LogP contribution in [0.25, 0.3) is 16.7 Å². The van der Waals surface area contributed by atoms with Crippen LogP contribution in [0.5, 0.6) is 0 Å². The van der Waals surface area contributed by atoms with Crippen LogP contribution in [0.4, 0.5) is 5.82 Å². The summed E-state index contributed by atoms with van der Waals surface area (Å²) < 4.78 is 6.68. The minimum Gasteiger partial charge on any atom is -0.462 e. The molecule has 0 N–H and O–H groups in total. The second-order valence-corrected chi connectivity index (χ2v) is 6.04. The van der Waals surface area contributed by atoms with E-state index in [0.717, 1.165) is 16.5 Å². The number of hydrogen-bond acceptors (Lipinski definition) is 5. The molecule has 0 amide bonds. The summed E-state index contributed by atoms with van der Waals surface area (Å²) in [5.74, 6) is 0.532. The quantitative estimate of drug-likeness (QED) is 0.401. The second-order valence-electron chi connectivity index (χ2n) is 6.04. The largest absolute Gasteiger partial charge is 0.462 e. The lowest BCUT2D eigenvalue weighted by molar-refractivity contribution is 0.0527. The third kappa shape index (κ3) is 3.42. The van der Waals surface area contributed by atoms with Crippen LogP contribution in [-0.2, 0) is 4.74 Å². The van der Waals surface area contributed by atoms with Crippen molar-refractivity contribution in [3.63, 3.8) is 0 Å². The fraction of sp³-hybridized carbons (Fsp3) is 0.263. The number of aliphatic imine (C=N–C) groups is 1. The second kappa shape index (κ2) is 7.35. The van der Waals surface area contributed by atoms with Crippen LogP contribution in [0.15, 0.2) is 41.5 Å². The Hall–Kier alpha value is -3.22. The molecule has 2 aromatic heterocycles. The van der Waals surface area contributed by atoms with Gasteiger partial charge in [0.2, 0.25) is 0 Å². The highest BCUT2D eigenvalue weighted by Gasteiger charge is 2.20. The predicted molar refractivity (Wildman–Crippen MR) is 101 cm³/mol. The normalized spacial score (nSPS) is 11.2. The maximum absolute atomic E-state index is 12.3. The number of fused-ring (bicyclic) bond motifs is 1. The van der Waals surface area contributed by atoms with Crippen LogP contribution in [0.2, 0.25) is 0 Å². The van der Waals surface area contributed by atoms with Crippen molar-refractivity contribution in [1.82, 2.24) is 19.7 Å².